The van der Waals surface area contributed by atoms with E-state index in [9.17, 15) is 40.5 Å². The quantitative estimate of drug-likeness (QED) is 0.279. The number of hydrogen-bond donors (Lipinski definition) is 7. The van der Waals surface area contributed by atoms with E-state index in [0.29, 0.717) is 0 Å². The first-order valence-electron chi connectivity index (χ1n) is 9.50. The second-order valence-electron chi connectivity index (χ2n) is 7.31. The molecule has 0 saturated carbocycles. The smallest absolute Gasteiger partial charge is 0.229 e. The topological polar surface area (TPSA) is 190 Å². The zero-order valence-corrected chi connectivity index (χ0v) is 16.3. The average Bonchev–Trinajstić information content (AvgIpc) is 2.74. The molecule has 0 unspecified atom stereocenters. The second-order valence-corrected chi connectivity index (χ2v) is 7.31. The Bertz CT molecular complexity index is 1200. The molecule has 0 radical (unpaired) electrons. The molecular weight excluding hydrogens is 428 g/mol. The third kappa shape index (κ3) is 3.83. The molecule has 1 saturated heterocycles. The van der Waals surface area contributed by atoms with E-state index in [-0.39, 0.29) is 33.8 Å². The van der Waals surface area contributed by atoms with Crippen LogP contribution in [-0.4, -0.2) is 73.1 Å². The summed E-state index contributed by atoms with van der Waals surface area (Å²) in [6.07, 6.45) is -7.54. The predicted octanol–water partition coefficient (Wildman–Crippen LogP) is -0.245. The van der Waals surface area contributed by atoms with Crippen molar-refractivity contribution in [1.29, 1.82) is 0 Å². The molecule has 32 heavy (non-hydrogen) atoms. The molecule has 1 fully saturated rings. The predicted molar refractivity (Wildman–Crippen MR) is 107 cm³/mol. The van der Waals surface area contributed by atoms with Gasteiger partial charge in [-0.05, 0) is 18.2 Å². The fraction of sp³-hybridized carbons (Fsp3) is 0.286. The first kappa shape index (κ1) is 21.9. The summed E-state index contributed by atoms with van der Waals surface area (Å²) in [5.41, 5.74) is -0.378. The van der Waals surface area contributed by atoms with E-state index in [4.69, 9.17) is 13.9 Å². The number of hydrogen-bond acceptors (Lipinski definition) is 11. The third-order valence-corrected chi connectivity index (χ3v) is 5.13. The molecule has 11 heteroatoms. The first-order chi connectivity index (χ1) is 15.2. The number of phenolic OH excluding ortho intramolecular Hbond substituents is 3. The SMILES string of the molecule is O=c1cc(-c2ccc(O[C@H]3O[C@@H](CO)[C@H](O)[C@H](O)[C@@H]3O)c(O)c2)oc2cc(O)cc(O)c12. The summed E-state index contributed by atoms with van der Waals surface area (Å²) in [4.78, 5) is 12.4. The highest BCUT2D eigenvalue weighted by Crippen LogP contribution is 2.35. The van der Waals surface area contributed by atoms with E-state index >= 15 is 0 Å². The normalized spacial score (nSPS) is 25.7. The number of fused-ring (bicyclic) bond motifs is 1. The van der Waals surface area contributed by atoms with Crippen molar-refractivity contribution < 1.29 is 49.6 Å². The molecule has 0 bridgehead atoms. The number of ether oxygens (including phenoxy) is 2. The van der Waals surface area contributed by atoms with Crippen molar-refractivity contribution in [2.45, 2.75) is 30.7 Å². The lowest BCUT2D eigenvalue weighted by atomic mass is 9.99. The maximum absolute atomic E-state index is 12.4. The maximum Gasteiger partial charge on any atom is 0.229 e. The zero-order valence-electron chi connectivity index (χ0n) is 16.3. The Hall–Kier alpha value is -3.35. The van der Waals surface area contributed by atoms with Crippen LogP contribution in [0.15, 0.2) is 45.6 Å². The van der Waals surface area contributed by atoms with Crippen LogP contribution in [0.1, 0.15) is 0 Å². The van der Waals surface area contributed by atoms with E-state index in [2.05, 4.69) is 0 Å². The van der Waals surface area contributed by atoms with E-state index in [1.165, 1.54) is 18.2 Å². The van der Waals surface area contributed by atoms with Crippen LogP contribution in [0.5, 0.6) is 23.0 Å². The van der Waals surface area contributed by atoms with Gasteiger partial charge in [-0.25, -0.2) is 0 Å². The minimum absolute atomic E-state index is 0.0298. The number of phenols is 3. The summed E-state index contributed by atoms with van der Waals surface area (Å²) in [5, 5.41) is 68.7. The summed E-state index contributed by atoms with van der Waals surface area (Å²) in [7, 11) is 0. The molecule has 170 valence electrons. The van der Waals surface area contributed by atoms with Crippen LogP contribution in [0.2, 0.25) is 0 Å². The highest BCUT2D eigenvalue weighted by Gasteiger charge is 2.44. The van der Waals surface area contributed by atoms with Crippen LogP contribution in [0, 0.1) is 0 Å². The third-order valence-electron chi connectivity index (χ3n) is 5.13. The van der Waals surface area contributed by atoms with Crippen molar-refractivity contribution in [2.75, 3.05) is 6.61 Å². The molecule has 2 aromatic carbocycles. The van der Waals surface area contributed by atoms with Gasteiger partial charge in [0, 0.05) is 23.8 Å². The van der Waals surface area contributed by atoms with Gasteiger partial charge in [0.05, 0.1) is 6.61 Å². The standard InChI is InChI=1S/C21H20O11/c22-7-16-18(27)19(28)20(29)21(32-16)31-13-2-1-8(3-10(13)24)14-6-12(26)17-11(25)4-9(23)5-15(17)30-14/h1-6,16,18-25,27-29H,7H2/t16-,18-,19-,20-,21-/m0/s1. The van der Waals surface area contributed by atoms with Gasteiger partial charge in [0.2, 0.25) is 6.29 Å². The summed E-state index contributed by atoms with van der Waals surface area (Å²) >= 11 is 0. The molecule has 7 N–H and O–H groups in total. The van der Waals surface area contributed by atoms with Gasteiger partial charge >= 0.3 is 0 Å². The van der Waals surface area contributed by atoms with Gasteiger partial charge in [-0.3, -0.25) is 4.79 Å². The van der Waals surface area contributed by atoms with Crippen molar-refractivity contribution in [3.05, 3.63) is 46.6 Å². The summed E-state index contributed by atoms with van der Waals surface area (Å²) < 4.78 is 16.2. The van der Waals surface area contributed by atoms with E-state index < -0.39 is 54.2 Å². The monoisotopic (exact) mass is 448 g/mol. The van der Waals surface area contributed by atoms with E-state index in [0.717, 1.165) is 18.2 Å². The van der Waals surface area contributed by atoms with Gasteiger partial charge in [0.1, 0.15) is 52.6 Å². The first-order valence-corrected chi connectivity index (χ1v) is 9.50. The van der Waals surface area contributed by atoms with Crippen molar-refractivity contribution in [3.63, 3.8) is 0 Å². The van der Waals surface area contributed by atoms with Gasteiger partial charge in [-0.1, -0.05) is 0 Å². The van der Waals surface area contributed by atoms with E-state index in [1.807, 2.05) is 0 Å². The molecule has 3 aromatic rings. The van der Waals surface area contributed by atoms with Crippen LogP contribution >= 0.6 is 0 Å². The second kappa shape index (κ2) is 8.30. The Kier molecular flexibility index (Phi) is 5.67. The van der Waals surface area contributed by atoms with Crippen LogP contribution in [-0.2, 0) is 4.74 Å². The number of benzene rings is 2. The van der Waals surface area contributed by atoms with Crippen LogP contribution in [0.25, 0.3) is 22.3 Å². The van der Waals surface area contributed by atoms with Crippen LogP contribution in [0.4, 0.5) is 0 Å². The Morgan fingerprint density at radius 2 is 1.66 bits per heavy atom. The molecule has 5 atom stereocenters. The molecule has 1 aromatic heterocycles. The molecule has 0 spiro atoms. The Morgan fingerprint density at radius 3 is 2.34 bits per heavy atom. The van der Waals surface area contributed by atoms with Gasteiger partial charge < -0.3 is 49.6 Å². The lowest BCUT2D eigenvalue weighted by molar-refractivity contribution is -0.277. The van der Waals surface area contributed by atoms with Crippen molar-refractivity contribution in [3.8, 4) is 34.3 Å². The molecular formula is C21H20O11. The lowest BCUT2D eigenvalue weighted by Crippen LogP contribution is -2.60. The highest BCUT2D eigenvalue weighted by molar-refractivity contribution is 5.86. The minimum atomic E-state index is -1.66. The van der Waals surface area contributed by atoms with E-state index in [1.54, 1.807) is 0 Å². The molecule has 4 rings (SSSR count). The molecule has 2 heterocycles. The summed E-state index contributed by atoms with van der Waals surface area (Å²) in [5.74, 6) is -1.30. The fourth-order valence-corrected chi connectivity index (χ4v) is 3.46. The number of aliphatic hydroxyl groups is 4. The molecule has 1 aliphatic heterocycles. The Labute approximate surface area is 179 Å². The molecule has 0 aliphatic carbocycles. The summed E-state index contributed by atoms with van der Waals surface area (Å²) in [6.45, 7) is -0.637. The Balaban J connectivity index is 1.64. The van der Waals surface area contributed by atoms with Gasteiger partial charge in [0.15, 0.2) is 16.9 Å². The molecule has 11 nitrogen and oxygen atoms in total. The largest absolute Gasteiger partial charge is 0.508 e. The van der Waals surface area contributed by atoms with Gasteiger partial charge in [-0.15, -0.1) is 0 Å². The lowest BCUT2D eigenvalue weighted by Gasteiger charge is -2.39. The molecule has 0 amide bonds. The van der Waals surface area contributed by atoms with Gasteiger partial charge in [0.25, 0.3) is 0 Å². The van der Waals surface area contributed by atoms with Crippen molar-refractivity contribution in [2.24, 2.45) is 0 Å². The Morgan fingerprint density at radius 1 is 0.906 bits per heavy atom. The number of rotatable bonds is 4. The number of aromatic hydroxyl groups is 3. The zero-order chi connectivity index (χ0) is 23.2. The number of aliphatic hydroxyl groups excluding tert-OH is 4. The summed E-state index contributed by atoms with van der Waals surface area (Å²) in [6, 6.07) is 7.19. The maximum atomic E-state index is 12.4. The fourth-order valence-electron chi connectivity index (χ4n) is 3.46. The van der Waals surface area contributed by atoms with Gasteiger partial charge in [-0.2, -0.15) is 0 Å². The van der Waals surface area contributed by atoms with Crippen molar-refractivity contribution in [1.82, 2.24) is 0 Å². The highest BCUT2D eigenvalue weighted by atomic mass is 16.7. The average molecular weight is 448 g/mol. The molecule has 1 aliphatic rings. The minimum Gasteiger partial charge on any atom is -0.508 e. The van der Waals surface area contributed by atoms with Crippen molar-refractivity contribution >= 4 is 11.0 Å². The van der Waals surface area contributed by atoms with Crippen LogP contribution in [0.3, 0.4) is 0 Å². The van der Waals surface area contributed by atoms with Crippen LogP contribution < -0.4 is 10.2 Å².